The molecule has 1 amide bonds. The Morgan fingerprint density at radius 3 is 2.77 bits per heavy atom. The van der Waals surface area contributed by atoms with Crippen molar-refractivity contribution in [2.24, 2.45) is 0 Å². The van der Waals surface area contributed by atoms with Crippen molar-refractivity contribution in [3.8, 4) is 11.4 Å². The number of rotatable bonds is 6. The van der Waals surface area contributed by atoms with Crippen LogP contribution in [0, 0.1) is 0 Å². The van der Waals surface area contributed by atoms with E-state index in [1.165, 1.54) is 0 Å². The van der Waals surface area contributed by atoms with Crippen molar-refractivity contribution in [3.05, 3.63) is 47.7 Å². The molecule has 1 atom stereocenters. The van der Waals surface area contributed by atoms with Crippen LogP contribution >= 0.6 is 11.6 Å². The Balaban J connectivity index is 1.88. The minimum absolute atomic E-state index is 0.0696. The van der Waals surface area contributed by atoms with Crippen LogP contribution < -0.4 is 10.6 Å². The van der Waals surface area contributed by atoms with Crippen molar-refractivity contribution >= 4 is 45.3 Å². The van der Waals surface area contributed by atoms with E-state index in [4.69, 9.17) is 21.6 Å². The van der Waals surface area contributed by atoms with Gasteiger partial charge in [-0.3, -0.25) is 4.79 Å². The maximum Gasteiger partial charge on any atom is 0.245 e. The molecule has 1 aromatic carbocycles. The van der Waals surface area contributed by atoms with Crippen LogP contribution in [0.4, 0.5) is 5.82 Å². The number of hydrogen-bond donors (Lipinski definition) is 3. The monoisotopic (exact) mass is 422 g/mol. The second-order valence-electron chi connectivity index (χ2n) is 7.34. The molecule has 0 radical (unpaired) electrons. The summed E-state index contributed by atoms with van der Waals surface area (Å²) in [7, 11) is 0. The van der Waals surface area contributed by atoms with E-state index < -0.39 is 5.54 Å². The molecule has 0 saturated heterocycles. The Bertz CT molecular complexity index is 1240. The molecule has 0 fully saturated rings. The second kappa shape index (κ2) is 7.91. The van der Waals surface area contributed by atoms with Gasteiger partial charge in [0.2, 0.25) is 5.91 Å². The molecule has 8 heteroatoms. The zero-order chi connectivity index (χ0) is 21.3. The number of nitrogens with zero attached hydrogens (tertiary/aromatic N) is 3. The summed E-state index contributed by atoms with van der Waals surface area (Å²) in [6.45, 7) is 6.32. The summed E-state index contributed by atoms with van der Waals surface area (Å²) in [5.74, 6) is 1.07. The normalized spacial score (nSPS) is 13.3. The van der Waals surface area contributed by atoms with Crippen LogP contribution in [-0.4, -0.2) is 37.9 Å². The number of hydrogen-bond acceptors (Lipinski definition) is 5. The number of H-pyrrole nitrogens is 1. The smallest absolute Gasteiger partial charge is 0.245 e. The third-order valence-corrected chi connectivity index (χ3v) is 5.49. The topological polar surface area (TPSA) is 95.6 Å². The molecule has 0 spiro atoms. The third-order valence-electron chi connectivity index (χ3n) is 5.28. The molecule has 3 aromatic heterocycles. The average molecular weight is 423 g/mol. The molecule has 0 aliphatic heterocycles. The SMILES string of the molecule is CCNC(=O)[C@@](C)(CC)Nc1nc(-c2c[nH]c3ncc(Cl)cc23)nc2ccccc12. The highest BCUT2D eigenvalue weighted by atomic mass is 35.5. The minimum atomic E-state index is -0.810. The molecule has 4 rings (SSSR count). The lowest BCUT2D eigenvalue weighted by molar-refractivity contribution is -0.125. The van der Waals surface area contributed by atoms with E-state index in [0.717, 1.165) is 21.9 Å². The molecule has 30 heavy (non-hydrogen) atoms. The van der Waals surface area contributed by atoms with E-state index in [2.05, 4.69) is 20.6 Å². The maximum atomic E-state index is 12.7. The van der Waals surface area contributed by atoms with Crippen LogP contribution in [0.5, 0.6) is 0 Å². The van der Waals surface area contributed by atoms with Crippen molar-refractivity contribution in [1.82, 2.24) is 25.3 Å². The van der Waals surface area contributed by atoms with Crippen LogP contribution in [0.15, 0.2) is 42.7 Å². The highest BCUT2D eigenvalue weighted by Gasteiger charge is 2.32. The molecule has 0 aliphatic rings. The van der Waals surface area contributed by atoms with Gasteiger partial charge >= 0.3 is 0 Å². The average Bonchev–Trinajstić information content (AvgIpc) is 3.16. The van der Waals surface area contributed by atoms with Crippen LogP contribution in [-0.2, 0) is 4.79 Å². The number of amides is 1. The number of para-hydroxylation sites is 1. The number of aromatic nitrogens is 4. The first-order valence-electron chi connectivity index (χ1n) is 9.91. The number of benzene rings is 1. The molecule has 0 aliphatic carbocycles. The first-order chi connectivity index (χ1) is 14.4. The highest BCUT2D eigenvalue weighted by Crippen LogP contribution is 2.31. The number of carbonyl (C=O) groups is 1. The fraction of sp³-hybridized carbons (Fsp3) is 0.273. The van der Waals surface area contributed by atoms with Gasteiger partial charge in [-0.05, 0) is 38.5 Å². The Hall–Kier alpha value is -3.19. The molecule has 4 aromatic rings. The van der Waals surface area contributed by atoms with Crippen LogP contribution in [0.1, 0.15) is 27.2 Å². The summed E-state index contributed by atoms with van der Waals surface area (Å²) in [4.78, 5) is 29.7. The lowest BCUT2D eigenvalue weighted by Gasteiger charge is -2.29. The Kier molecular flexibility index (Phi) is 5.30. The summed E-state index contributed by atoms with van der Waals surface area (Å²) >= 11 is 6.16. The fourth-order valence-electron chi connectivity index (χ4n) is 3.38. The lowest BCUT2D eigenvalue weighted by atomic mass is 9.97. The number of pyridine rings is 1. The molecular formula is C22H23ClN6O. The molecule has 154 valence electrons. The zero-order valence-corrected chi connectivity index (χ0v) is 17.8. The summed E-state index contributed by atoms with van der Waals surface area (Å²) in [6.07, 6.45) is 4.02. The van der Waals surface area contributed by atoms with Gasteiger partial charge in [0, 0.05) is 35.3 Å². The number of nitrogens with one attached hydrogen (secondary N) is 3. The van der Waals surface area contributed by atoms with Gasteiger partial charge in [0.1, 0.15) is 17.0 Å². The standard InChI is InChI=1S/C22H23ClN6O/c1-4-22(3,21(30)24-5-2)29-20-14-8-6-7-9-17(14)27-19(28-20)16-12-26-18-15(16)10-13(23)11-25-18/h6-12H,4-5H2,1-3H3,(H,24,30)(H,25,26)(H,27,28,29)/t22-/m1/s1. The quantitative estimate of drug-likeness (QED) is 0.424. The Morgan fingerprint density at radius 1 is 1.20 bits per heavy atom. The number of halogens is 1. The van der Waals surface area contributed by atoms with Gasteiger partial charge in [0.15, 0.2) is 5.82 Å². The fourth-order valence-corrected chi connectivity index (χ4v) is 3.54. The Morgan fingerprint density at radius 2 is 2.00 bits per heavy atom. The first-order valence-corrected chi connectivity index (χ1v) is 10.3. The van der Waals surface area contributed by atoms with E-state index in [9.17, 15) is 4.79 Å². The zero-order valence-electron chi connectivity index (χ0n) is 17.1. The van der Waals surface area contributed by atoms with Crippen LogP contribution in [0.2, 0.25) is 5.02 Å². The summed E-state index contributed by atoms with van der Waals surface area (Å²) in [6, 6.07) is 9.58. The summed E-state index contributed by atoms with van der Waals surface area (Å²) in [5.41, 5.74) is 1.48. The molecule has 7 nitrogen and oxygen atoms in total. The third kappa shape index (κ3) is 3.57. The van der Waals surface area contributed by atoms with Crippen molar-refractivity contribution in [2.75, 3.05) is 11.9 Å². The van der Waals surface area contributed by atoms with E-state index in [0.29, 0.717) is 35.3 Å². The van der Waals surface area contributed by atoms with E-state index in [-0.39, 0.29) is 5.91 Å². The van der Waals surface area contributed by atoms with Gasteiger partial charge in [-0.2, -0.15) is 0 Å². The van der Waals surface area contributed by atoms with Gasteiger partial charge in [-0.15, -0.1) is 0 Å². The number of fused-ring (bicyclic) bond motifs is 2. The largest absolute Gasteiger partial charge is 0.356 e. The number of carbonyl (C=O) groups excluding carboxylic acids is 1. The van der Waals surface area contributed by atoms with Crippen molar-refractivity contribution in [2.45, 2.75) is 32.7 Å². The number of anilines is 1. The lowest BCUT2D eigenvalue weighted by Crippen LogP contribution is -2.50. The first kappa shape index (κ1) is 20.1. The van der Waals surface area contributed by atoms with Gasteiger partial charge < -0.3 is 15.6 Å². The van der Waals surface area contributed by atoms with Crippen molar-refractivity contribution in [3.63, 3.8) is 0 Å². The second-order valence-corrected chi connectivity index (χ2v) is 7.77. The van der Waals surface area contributed by atoms with Gasteiger partial charge in [0.25, 0.3) is 0 Å². The minimum Gasteiger partial charge on any atom is -0.356 e. The van der Waals surface area contributed by atoms with Gasteiger partial charge in [0.05, 0.1) is 10.5 Å². The highest BCUT2D eigenvalue weighted by molar-refractivity contribution is 6.31. The predicted octanol–water partition coefficient (Wildman–Crippen LogP) is 4.54. The number of aromatic amines is 1. The van der Waals surface area contributed by atoms with Gasteiger partial charge in [-0.25, -0.2) is 15.0 Å². The molecular weight excluding hydrogens is 400 g/mol. The molecule has 3 heterocycles. The van der Waals surface area contributed by atoms with Crippen molar-refractivity contribution < 1.29 is 4.79 Å². The molecule has 0 saturated carbocycles. The Labute approximate surface area is 179 Å². The molecule has 0 unspecified atom stereocenters. The number of likely N-dealkylation sites (N-methyl/N-ethyl adjacent to an activating group) is 1. The summed E-state index contributed by atoms with van der Waals surface area (Å²) in [5, 5.41) is 8.51. The maximum absolute atomic E-state index is 12.7. The molecule has 0 bridgehead atoms. The van der Waals surface area contributed by atoms with E-state index in [1.54, 1.807) is 6.20 Å². The van der Waals surface area contributed by atoms with Crippen molar-refractivity contribution in [1.29, 1.82) is 0 Å². The van der Waals surface area contributed by atoms with E-state index in [1.807, 2.05) is 57.3 Å². The predicted molar refractivity (Wildman–Crippen MR) is 121 cm³/mol. The van der Waals surface area contributed by atoms with Crippen LogP contribution in [0.3, 0.4) is 0 Å². The molecule has 3 N–H and O–H groups in total. The van der Waals surface area contributed by atoms with E-state index >= 15 is 0 Å². The summed E-state index contributed by atoms with van der Waals surface area (Å²) < 4.78 is 0. The van der Waals surface area contributed by atoms with Gasteiger partial charge in [-0.1, -0.05) is 30.7 Å². The van der Waals surface area contributed by atoms with Crippen LogP contribution in [0.25, 0.3) is 33.3 Å².